The van der Waals surface area contributed by atoms with E-state index in [0.29, 0.717) is 0 Å². The predicted octanol–water partition coefficient (Wildman–Crippen LogP) is -1.98. The van der Waals surface area contributed by atoms with Crippen LogP contribution >= 0.6 is 0 Å². The van der Waals surface area contributed by atoms with Crippen molar-refractivity contribution in [3.8, 4) is 0 Å². The predicted molar refractivity (Wildman–Crippen MR) is 41.1 cm³/mol. The lowest BCUT2D eigenvalue weighted by molar-refractivity contribution is -0.233. The molecule has 1 saturated heterocycles. The number of aliphatic hydroxyl groups excluding tert-OH is 3. The number of nitrogens with two attached hydrogens (primary N) is 1. The van der Waals surface area contributed by atoms with Gasteiger partial charge in [0.25, 0.3) is 0 Å². The van der Waals surface area contributed by atoms with E-state index in [4.69, 9.17) is 15.6 Å². The molecule has 5 nitrogen and oxygen atoms in total. The second-order valence-corrected chi connectivity index (χ2v) is 3.17. The van der Waals surface area contributed by atoms with Crippen molar-refractivity contribution in [3.05, 3.63) is 0 Å². The number of hydrogen-bond acceptors (Lipinski definition) is 5. The van der Waals surface area contributed by atoms with E-state index in [2.05, 4.69) is 0 Å². The SMILES string of the molecule is C[C@@H]1[C@@H](N)[C@H](O)O[C@H](CO)[C@@H]1O. The second-order valence-electron chi connectivity index (χ2n) is 3.17. The first kappa shape index (κ1) is 9.88. The Morgan fingerprint density at radius 3 is 2.50 bits per heavy atom. The van der Waals surface area contributed by atoms with Gasteiger partial charge in [-0.15, -0.1) is 0 Å². The van der Waals surface area contributed by atoms with Gasteiger partial charge >= 0.3 is 0 Å². The molecule has 0 unspecified atom stereocenters. The van der Waals surface area contributed by atoms with Gasteiger partial charge in [-0.2, -0.15) is 0 Å². The largest absolute Gasteiger partial charge is 0.394 e. The van der Waals surface area contributed by atoms with E-state index in [9.17, 15) is 10.2 Å². The number of aliphatic hydroxyl groups is 3. The maximum Gasteiger partial charge on any atom is 0.170 e. The molecule has 0 aromatic carbocycles. The van der Waals surface area contributed by atoms with Gasteiger partial charge in [-0.3, -0.25) is 0 Å². The van der Waals surface area contributed by atoms with Crippen molar-refractivity contribution >= 4 is 0 Å². The maximum atomic E-state index is 9.45. The first-order valence-electron chi connectivity index (χ1n) is 3.96. The van der Waals surface area contributed by atoms with Crippen LogP contribution in [0, 0.1) is 5.92 Å². The van der Waals surface area contributed by atoms with Crippen molar-refractivity contribution in [2.24, 2.45) is 11.7 Å². The lowest BCUT2D eigenvalue weighted by Crippen LogP contribution is -2.57. The third-order valence-electron chi connectivity index (χ3n) is 2.35. The van der Waals surface area contributed by atoms with Gasteiger partial charge < -0.3 is 25.8 Å². The molecule has 12 heavy (non-hydrogen) atoms. The minimum atomic E-state index is -1.10. The number of hydrogen-bond donors (Lipinski definition) is 4. The van der Waals surface area contributed by atoms with E-state index in [-0.39, 0.29) is 12.5 Å². The number of rotatable bonds is 1. The minimum Gasteiger partial charge on any atom is -0.394 e. The van der Waals surface area contributed by atoms with E-state index in [0.717, 1.165) is 0 Å². The second kappa shape index (κ2) is 3.68. The summed E-state index contributed by atoms with van der Waals surface area (Å²) >= 11 is 0. The lowest BCUT2D eigenvalue weighted by Gasteiger charge is -2.39. The standard InChI is InChI=1S/C7H15NO4/c1-3-5(8)7(11)12-4(2-9)6(3)10/h3-7,9-11H,2,8H2,1H3/t3-,4-,5-,6-,7-/m1/s1. The zero-order valence-electron chi connectivity index (χ0n) is 6.92. The van der Waals surface area contributed by atoms with E-state index in [1.807, 2.05) is 0 Å². The minimum absolute atomic E-state index is 0.272. The van der Waals surface area contributed by atoms with Gasteiger partial charge in [-0.1, -0.05) is 6.92 Å². The summed E-state index contributed by atoms with van der Waals surface area (Å²) in [5, 5.41) is 27.4. The van der Waals surface area contributed by atoms with Crippen molar-refractivity contribution in [3.63, 3.8) is 0 Å². The topological polar surface area (TPSA) is 95.9 Å². The van der Waals surface area contributed by atoms with Gasteiger partial charge in [-0.05, 0) is 0 Å². The Balaban J connectivity index is 2.63. The molecule has 0 amide bonds. The summed E-state index contributed by atoms with van der Waals surface area (Å²) in [6.07, 6.45) is -2.64. The molecule has 0 aliphatic carbocycles. The molecule has 0 aromatic rings. The summed E-state index contributed by atoms with van der Waals surface area (Å²) in [5.74, 6) is -0.272. The average molecular weight is 177 g/mol. The third kappa shape index (κ3) is 1.60. The summed E-state index contributed by atoms with van der Waals surface area (Å²) < 4.78 is 4.86. The summed E-state index contributed by atoms with van der Waals surface area (Å²) in [6, 6.07) is -0.595. The van der Waals surface area contributed by atoms with E-state index >= 15 is 0 Å². The van der Waals surface area contributed by atoms with Crippen molar-refractivity contribution in [2.45, 2.75) is 31.5 Å². The normalized spacial score (nSPS) is 49.2. The average Bonchev–Trinajstić information content (AvgIpc) is 2.08. The van der Waals surface area contributed by atoms with Crippen LogP contribution in [0.3, 0.4) is 0 Å². The third-order valence-corrected chi connectivity index (χ3v) is 2.35. The van der Waals surface area contributed by atoms with Crippen LogP contribution in [0.2, 0.25) is 0 Å². The van der Waals surface area contributed by atoms with Crippen LogP contribution in [0.15, 0.2) is 0 Å². The summed E-state index contributed by atoms with van der Waals surface area (Å²) in [7, 11) is 0. The molecule has 72 valence electrons. The van der Waals surface area contributed by atoms with Crippen molar-refractivity contribution in [2.75, 3.05) is 6.61 Å². The molecule has 1 fully saturated rings. The highest BCUT2D eigenvalue weighted by atomic mass is 16.6. The van der Waals surface area contributed by atoms with Crippen LogP contribution < -0.4 is 5.73 Å². The molecule has 1 aliphatic rings. The van der Waals surface area contributed by atoms with Crippen molar-refractivity contribution in [1.29, 1.82) is 0 Å². The van der Waals surface area contributed by atoms with E-state index in [1.54, 1.807) is 6.92 Å². The molecule has 1 aliphatic heterocycles. The molecular formula is C7H15NO4. The molecule has 5 heteroatoms. The van der Waals surface area contributed by atoms with Gasteiger partial charge in [0.15, 0.2) is 6.29 Å². The lowest BCUT2D eigenvalue weighted by atomic mass is 9.90. The van der Waals surface area contributed by atoms with Gasteiger partial charge in [-0.25, -0.2) is 0 Å². The van der Waals surface area contributed by atoms with E-state index < -0.39 is 24.5 Å². The van der Waals surface area contributed by atoms with Gasteiger partial charge in [0.2, 0.25) is 0 Å². The highest BCUT2D eigenvalue weighted by Gasteiger charge is 2.39. The van der Waals surface area contributed by atoms with Crippen LogP contribution in [0.25, 0.3) is 0 Å². The fourth-order valence-corrected chi connectivity index (χ4v) is 1.33. The highest BCUT2D eigenvalue weighted by molar-refractivity contribution is 4.87. The van der Waals surface area contributed by atoms with E-state index in [1.165, 1.54) is 0 Å². The van der Waals surface area contributed by atoms with Crippen LogP contribution in [0.4, 0.5) is 0 Å². The quantitative estimate of drug-likeness (QED) is 0.372. The van der Waals surface area contributed by atoms with Gasteiger partial charge in [0.1, 0.15) is 6.10 Å². The Kier molecular flexibility index (Phi) is 3.03. The molecule has 1 heterocycles. The molecule has 0 radical (unpaired) electrons. The fourth-order valence-electron chi connectivity index (χ4n) is 1.33. The molecule has 5 atom stereocenters. The molecule has 0 aromatic heterocycles. The van der Waals surface area contributed by atoms with Crippen LogP contribution in [0.5, 0.6) is 0 Å². The molecular weight excluding hydrogens is 162 g/mol. The number of ether oxygens (including phenoxy) is 1. The van der Waals surface area contributed by atoms with Crippen LogP contribution in [0.1, 0.15) is 6.92 Å². The Morgan fingerprint density at radius 2 is 2.00 bits per heavy atom. The highest BCUT2D eigenvalue weighted by Crippen LogP contribution is 2.22. The fraction of sp³-hybridized carbons (Fsp3) is 1.00. The van der Waals surface area contributed by atoms with Crippen LogP contribution in [-0.2, 0) is 4.74 Å². The Bertz CT molecular complexity index is 150. The molecule has 0 spiro atoms. The van der Waals surface area contributed by atoms with Crippen LogP contribution in [-0.4, -0.2) is 46.5 Å². The molecule has 5 N–H and O–H groups in total. The zero-order chi connectivity index (χ0) is 9.30. The summed E-state index contributed by atoms with van der Waals surface area (Å²) in [6.45, 7) is 1.40. The van der Waals surface area contributed by atoms with Crippen molar-refractivity contribution in [1.82, 2.24) is 0 Å². The van der Waals surface area contributed by atoms with Gasteiger partial charge in [0, 0.05) is 5.92 Å². The Labute approximate surface area is 70.8 Å². The maximum absolute atomic E-state index is 9.45. The molecule has 1 rings (SSSR count). The summed E-state index contributed by atoms with van der Waals surface area (Å²) in [4.78, 5) is 0. The van der Waals surface area contributed by atoms with Gasteiger partial charge in [0.05, 0.1) is 18.8 Å². The molecule has 0 saturated carbocycles. The van der Waals surface area contributed by atoms with Crippen molar-refractivity contribution < 1.29 is 20.1 Å². The zero-order valence-corrected chi connectivity index (χ0v) is 6.92. The molecule has 0 bridgehead atoms. The smallest absolute Gasteiger partial charge is 0.170 e. The first-order valence-corrected chi connectivity index (χ1v) is 3.96. The first-order chi connectivity index (χ1) is 5.57. The summed E-state index contributed by atoms with van der Waals surface area (Å²) in [5.41, 5.74) is 5.51. The Morgan fingerprint density at radius 1 is 1.42 bits per heavy atom. The Hall–Kier alpha value is -0.200. The monoisotopic (exact) mass is 177 g/mol.